The first-order valence-electron chi connectivity index (χ1n) is 8.24. The Morgan fingerprint density at radius 2 is 2.00 bits per heavy atom. The van der Waals surface area contributed by atoms with Crippen molar-refractivity contribution in [3.63, 3.8) is 0 Å². The van der Waals surface area contributed by atoms with Crippen molar-refractivity contribution in [3.8, 4) is 5.75 Å². The molecule has 0 bridgehead atoms. The molecule has 0 radical (unpaired) electrons. The Morgan fingerprint density at radius 3 is 2.72 bits per heavy atom. The van der Waals surface area contributed by atoms with Crippen molar-refractivity contribution in [1.29, 1.82) is 0 Å². The highest BCUT2D eigenvalue weighted by Gasteiger charge is 2.23. The summed E-state index contributed by atoms with van der Waals surface area (Å²) >= 11 is 0. The van der Waals surface area contributed by atoms with Gasteiger partial charge in [0, 0.05) is 24.3 Å². The fourth-order valence-electron chi connectivity index (χ4n) is 2.94. The first-order valence-corrected chi connectivity index (χ1v) is 8.24. The maximum Gasteiger partial charge on any atom is 0.257 e. The molecule has 0 atom stereocenters. The van der Waals surface area contributed by atoms with Crippen LogP contribution in [0.15, 0.2) is 42.5 Å². The van der Waals surface area contributed by atoms with Crippen molar-refractivity contribution >= 4 is 28.9 Å². The fourth-order valence-corrected chi connectivity index (χ4v) is 2.94. The molecule has 6 heteroatoms. The molecular weight excluding hydrogens is 318 g/mol. The highest BCUT2D eigenvalue weighted by atomic mass is 16.5. The van der Waals surface area contributed by atoms with E-state index in [1.165, 1.54) is 0 Å². The first kappa shape index (κ1) is 16.8. The van der Waals surface area contributed by atoms with Crippen LogP contribution in [0.2, 0.25) is 0 Å². The molecule has 1 saturated heterocycles. The Morgan fingerprint density at radius 1 is 1.20 bits per heavy atom. The molecule has 2 amide bonds. The number of piperidine rings is 1. The number of methoxy groups -OCH3 is 1. The summed E-state index contributed by atoms with van der Waals surface area (Å²) in [6.45, 7) is 0.651. The summed E-state index contributed by atoms with van der Waals surface area (Å²) in [7, 11) is 1.57. The van der Waals surface area contributed by atoms with Crippen LogP contribution in [0, 0.1) is 0 Å². The van der Waals surface area contributed by atoms with Gasteiger partial charge < -0.3 is 20.7 Å². The quantitative estimate of drug-likeness (QED) is 0.839. The third-order valence-corrected chi connectivity index (χ3v) is 4.26. The number of benzene rings is 2. The lowest BCUT2D eigenvalue weighted by Gasteiger charge is -2.28. The summed E-state index contributed by atoms with van der Waals surface area (Å²) in [5, 5.41) is 2.83. The number of nitrogens with two attached hydrogens (primary N) is 1. The fraction of sp³-hybridized carbons (Fsp3) is 0.263. The third-order valence-electron chi connectivity index (χ3n) is 4.26. The molecular formula is C19H21N3O3. The summed E-state index contributed by atoms with van der Waals surface area (Å²) in [4.78, 5) is 26.4. The van der Waals surface area contributed by atoms with Gasteiger partial charge in [0.1, 0.15) is 5.75 Å². The number of nitrogens with one attached hydrogen (secondary N) is 1. The SMILES string of the molecule is COc1ccc(NC(=O)c2ccccc2N)cc1N1CCCCC1=O. The Hall–Kier alpha value is -3.02. The molecule has 1 aliphatic rings. The van der Waals surface area contributed by atoms with Crippen LogP contribution in [-0.4, -0.2) is 25.5 Å². The zero-order chi connectivity index (χ0) is 17.8. The normalized spacial score (nSPS) is 14.3. The number of hydrogen-bond acceptors (Lipinski definition) is 4. The van der Waals surface area contributed by atoms with E-state index in [-0.39, 0.29) is 11.8 Å². The average molecular weight is 339 g/mol. The summed E-state index contributed by atoms with van der Waals surface area (Å²) in [5.41, 5.74) is 7.94. The molecule has 0 spiro atoms. The molecule has 1 fully saturated rings. The number of anilines is 3. The first-order chi connectivity index (χ1) is 12.1. The summed E-state index contributed by atoms with van der Waals surface area (Å²) < 4.78 is 5.38. The zero-order valence-electron chi connectivity index (χ0n) is 14.1. The van der Waals surface area contributed by atoms with Gasteiger partial charge >= 0.3 is 0 Å². The molecule has 0 aromatic heterocycles. The van der Waals surface area contributed by atoms with Crippen molar-refractivity contribution in [3.05, 3.63) is 48.0 Å². The second-order valence-corrected chi connectivity index (χ2v) is 5.93. The van der Waals surface area contributed by atoms with Gasteiger partial charge in [-0.15, -0.1) is 0 Å². The Labute approximate surface area is 146 Å². The van der Waals surface area contributed by atoms with Crippen LogP contribution >= 0.6 is 0 Å². The van der Waals surface area contributed by atoms with Gasteiger partial charge in [0.25, 0.3) is 5.91 Å². The molecule has 0 unspecified atom stereocenters. The van der Waals surface area contributed by atoms with Crippen molar-refractivity contribution < 1.29 is 14.3 Å². The zero-order valence-corrected chi connectivity index (χ0v) is 14.1. The standard InChI is InChI=1S/C19H21N3O3/c1-25-17-10-9-13(12-16(17)22-11-5-4-8-18(22)23)21-19(24)14-6-2-3-7-15(14)20/h2-3,6-7,9-10,12H,4-5,8,11,20H2,1H3,(H,21,24). The number of nitrogens with zero attached hydrogens (tertiary/aromatic N) is 1. The van der Waals surface area contributed by atoms with Gasteiger partial charge in [-0.25, -0.2) is 0 Å². The second kappa shape index (κ2) is 7.25. The number of carbonyl (C=O) groups is 2. The van der Waals surface area contributed by atoms with Crippen molar-refractivity contribution in [2.24, 2.45) is 0 Å². The smallest absolute Gasteiger partial charge is 0.257 e. The van der Waals surface area contributed by atoms with E-state index >= 15 is 0 Å². The van der Waals surface area contributed by atoms with Crippen molar-refractivity contribution in [2.75, 3.05) is 29.6 Å². The van der Waals surface area contributed by atoms with Gasteiger partial charge in [-0.1, -0.05) is 12.1 Å². The predicted octanol–water partition coefficient (Wildman–Crippen LogP) is 3.05. The van der Waals surface area contributed by atoms with Gasteiger partial charge in [-0.3, -0.25) is 9.59 Å². The Balaban J connectivity index is 1.88. The van der Waals surface area contributed by atoms with Gasteiger partial charge in [0.2, 0.25) is 5.91 Å². The molecule has 25 heavy (non-hydrogen) atoms. The highest BCUT2D eigenvalue weighted by molar-refractivity contribution is 6.08. The molecule has 2 aromatic rings. The summed E-state index contributed by atoms with van der Waals surface area (Å²) in [6.07, 6.45) is 2.38. The molecule has 0 saturated carbocycles. The topological polar surface area (TPSA) is 84.7 Å². The number of hydrogen-bond donors (Lipinski definition) is 2. The van der Waals surface area contributed by atoms with Crippen LogP contribution in [0.4, 0.5) is 17.1 Å². The van der Waals surface area contributed by atoms with E-state index in [1.807, 2.05) is 0 Å². The molecule has 130 valence electrons. The Bertz CT molecular complexity index is 804. The van der Waals surface area contributed by atoms with Crippen LogP contribution < -0.4 is 20.7 Å². The molecule has 3 rings (SSSR count). The lowest BCUT2D eigenvalue weighted by Crippen LogP contribution is -2.35. The van der Waals surface area contributed by atoms with Crippen molar-refractivity contribution in [2.45, 2.75) is 19.3 Å². The maximum atomic E-state index is 12.4. The molecule has 0 aliphatic carbocycles. The van der Waals surface area contributed by atoms with E-state index in [0.29, 0.717) is 41.3 Å². The van der Waals surface area contributed by atoms with Gasteiger partial charge in [0.05, 0.1) is 18.4 Å². The van der Waals surface area contributed by atoms with E-state index in [2.05, 4.69) is 5.32 Å². The number of rotatable bonds is 4. The molecule has 1 heterocycles. The number of nitrogen functional groups attached to an aromatic ring is 1. The van der Waals surface area contributed by atoms with E-state index in [9.17, 15) is 9.59 Å². The predicted molar refractivity (Wildman–Crippen MR) is 98.0 cm³/mol. The Kier molecular flexibility index (Phi) is 4.88. The van der Waals surface area contributed by atoms with Crippen LogP contribution in [0.5, 0.6) is 5.75 Å². The number of para-hydroxylation sites is 1. The molecule has 3 N–H and O–H groups in total. The molecule has 2 aromatic carbocycles. The van der Waals surface area contributed by atoms with Crippen LogP contribution in [0.3, 0.4) is 0 Å². The molecule has 6 nitrogen and oxygen atoms in total. The van der Waals surface area contributed by atoms with E-state index < -0.39 is 0 Å². The largest absolute Gasteiger partial charge is 0.495 e. The second-order valence-electron chi connectivity index (χ2n) is 5.93. The summed E-state index contributed by atoms with van der Waals surface area (Å²) in [6, 6.07) is 12.1. The number of amides is 2. The van der Waals surface area contributed by atoms with Crippen LogP contribution in [0.1, 0.15) is 29.6 Å². The van der Waals surface area contributed by atoms with Gasteiger partial charge in [-0.2, -0.15) is 0 Å². The van der Waals surface area contributed by atoms with E-state index in [1.54, 1.807) is 54.5 Å². The number of carbonyl (C=O) groups excluding carboxylic acids is 2. The average Bonchev–Trinajstić information content (AvgIpc) is 2.62. The minimum absolute atomic E-state index is 0.0698. The minimum Gasteiger partial charge on any atom is -0.495 e. The van der Waals surface area contributed by atoms with Gasteiger partial charge in [0.15, 0.2) is 0 Å². The van der Waals surface area contributed by atoms with Crippen LogP contribution in [-0.2, 0) is 4.79 Å². The van der Waals surface area contributed by atoms with E-state index in [0.717, 1.165) is 12.8 Å². The minimum atomic E-state index is -0.292. The lowest BCUT2D eigenvalue weighted by atomic mass is 10.1. The monoisotopic (exact) mass is 339 g/mol. The molecule has 1 aliphatic heterocycles. The third kappa shape index (κ3) is 3.57. The van der Waals surface area contributed by atoms with Crippen LogP contribution in [0.25, 0.3) is 0 Å². The maximum absolute atomic E-state index is 12.4. The van der Waals surface area contributed by atoms with Crippen molar-refractivity contribution in [1.82, 2.24) is 0 Å². The summed E-state index contributed by atoms with van der Waals surface area (Å²) in [5.74, 6) is 0.381. The van der Waals surface area contributed by atoms with E-state index in [4.69, 9.17) is 10.5 Å². The highest BCUT2D eigenvalue weighted by Crippen LogP contribution is 2.33. The van der Waals surface area contributed by atoms with Gasteiger partial charge in [-0.05, 0) is 43.2 Å². The lowest BCUT2D eigenvalue weighted by molar-refractivity contribution is -0.119. The number of ether oxygens (including phenoxy) is 1.